The van der Waals surface area contributed by atoms with E-state index in [0.29, 0.717) is 23.0 Å². The Labute approximate surface area is 204 Å². The van der Waals surface area contributed by atoms with Crippen LogP contribution in [0.5, 0.6) is 5.75 Å². The van der Waals surface area contributed by atoms with Crippen molar-refractivity contribution >= 4 is 23.3 Å². The van der Waals surface area contributed by atoms with Gasteiger partial charge in [0.1, 0.15) is 12.4 Å². The summed E-state index contributed by atoms with van der Waals surface area (Å²) < 4.78 is 12.8. The van der Waals surface area contributed by atoms with Gasteiger partial charge >= 0.3 is 5.97 Å². The first kappa shape index (κ1) is 23.3. The van der Waals surface area contributed by atoms with E-state index in [1.54, 1.807) is 4.68 Å². The van der Waals surface area contributed by atoms with Gasteiger partial charge < -0.3 is 20.1 Å². The van der Waals surface area contributed by atoms with Crippen molar-refractivity contribution in [2.75, 3.05) is 13.2 Å². The molecule has 174 valence electrons. The molecule has 3 aromatic rings. The highest BCUT2D eigenvalue weighted by Gasteiger charge is 2.34. The molecule has 0 spiro atoms. The van der Waals surface area contributed by atoms with E-state index in [9.17, 15) is 4.79 Å². The second kappa shape index (κ2) is 10.4. The minimum Gasteiger partial charge on any atom is -0.494 e. The quantitative estimate of drug-likeness (QED) is 0.284. The highest BCUT2D eigenvalue weighted by molar-refractivity contribution is 7.80. The lowest BCUT2D eigenvalue weighted by molar-refractivity contribution is -0.138. The van der Waals surface area contributed by atoms with Gasteiger partial charge in [0.05, 0.1) is 29.6 Å². The number of esters is 1. The van der Waals surface area contributed by atoms with Crippen molar-refractivity contribution in [3.63, 3.8) is 0 Å². The number of nitrogens with zero attached hydrogens (tertiary/aromatic N) is 2. The minimum atomic E-state index is -0.551. The average molecular weight is 475 g/mol. The Morgan fingerprint density at radius 3 is 2.62 bits per heavy atom. The van der Waals surface area contributed by atoms with Crippen molar-refractivity contribution in [2.45, 2.75) is 19.9 Å². The SMILES string of the molecule is C=CCOC(=O)C1=C(C)NC(=S)N[C@@H]1c1cn(-c2ccccc2)nc1-c1ccc(OCC)cc1. The molecule has 0 amide bonds. The van der Waals surface area contributed by atoms with Crippen molar-refractivity contribution in [3.8, 4) is 22.7 Å². The Hall–Kier alpha value is -3.91. The monoisotopic (exact) mass is 474 g/mol. The maximum Gasteiger partial charge on any atom is 0.338 e. The summed E-state index contributed by atoms with van der Waals surface area (Å²) in [5.41, 5.74) is 4.37. The molecule has 2 aromatic carbocycles. The van der Waals surface area contributed by atoms with Crippen molar-refractivity contribution in [1.29, 1.82) is 0 Å². The summed E-state index contributed by atoms with van der Waals surface area (Å²) in [6.07, 6.45) is 3.46. The Kier molecular flexibility index (Phi) is 7.08. The molecule has 1 aromatic heterocycles. The van der Waals surface area contributed by atoms with Crippen LogP contribution in [0.3, 0.4) is 0 Å². The predicted octanol–water partition coefficient (Wildman–Crippen LogP) is 4.46. The smallest absolute Gasteiger partial charge is 0.338 e. The molecule has 0 radical (unpaired) electrons. The van der Waals surface area contributed by atoms with Gasteiger partial charge in [0.15, 0.2) is 5.11 Å². The zero-order chi connectivity index (χ0) is 24.1. The number of aromatic nitrogens is 2. The van der Waals surface area contributed by atoms with Gasteiger partial charge in [-0.15, -0.1) is 0 Å². The molecule has 34 heavy (non-hydrogen) atoms. The molecule has 2 heterocycles. The number of nitrogens with one attached hydrogen (secondary N) is 2. The first-order valence-corrected chi connectivity index (χ1v) is 11.4. The largest absolute Gasteiger partial charge is 0.494 e. The van der Waals surface area contributed by atoms with Crippen LogP contribution >= 0.6 is 12.2 Å². The number of ether oxygens (including phenoxy) is 2. The predicted molar refractivity (Wildman–Crippen MR) is 136 cm³/mol. The van der Waals surface area contributed by atoms with Crippen molar-refractivity contribution < 1.29 is 14.3 Å². The van der Waals surface area contributed by atoms with E-state index in [0.717, 1.165) is 28.3 Å². The zero-order valence-electron chi connectivity index (χ0n) is 19.1. The molecule has 4 rings (SSSR count). The van der Waals surface area contributed by atoms with Gasteiger partial charge in [-0.3, -0.25) is 0 Å². The summed E-state index contributed by atoms with van der Waals surface area (Å²) in [7, 11) is 0. The number of carbonyl (C=O) groups excluding carboxylic acids is 1. The summed E-state index contributed by atoms with van der Waals surface area (Å²) in [5.74, 6) is 0.330. The number of rotatable bonds is 8. The maximum absolute atomic E-state index is 13.0. The summed E-state index contributed by atoms with van der Waals surface area (Å²) >= 11 is 5.42. The first-order chi connectivity index (χ1) is 16.5. The molecular weight excluding hydrogens is 448 g/mol. The van der Waals surface area contributed by atoms with E-state index in [4.69, 9.17) is 26.8 Å². The van der Waals surface area contributed by atoms with E-state index in [1.807, 2.05) is 74.6 Å². The van der Waals surface area contributed by atoms with Gasteiger partial charge in [-0.25, -0.2) is 9.48 Å². The van der Waals surface area contributed by atoms with Crippen LogP contribution in [0, 0.1) is 0 Å². The van der Waals surface area contributed by atoms with E-state index in [1.165, 1.54) is 6.08 Å². The number of hydrogen-bond donors (Lipinski definition) is 2. The Morgan fingerprint density at radius 1 is 1.21 bits per heavy atom. The highest BCUT2D eigenvalue weighted by Crippen LogP contribution is 2.35. The molecule has 1 aliphatic heterocycles. The molecule has 7 nitrogen and oxygen atoms in total. The summed E-state index contributed by atoms with van der Waals surface area (Å²) in [4.78, 5) is 13.0. The fraction of sp³-hybridized carbons (Fsp3) is 0.192. The van der Waals surface area contributed by atoms with Crippen LogP contribution in [0.1, 0.15) is 25.5 Å². The lowest BCUT2D eigenvalue weighted by Crippen LogP contribution is -2.45. The lowest BCUT2D eigenvalue weighted by atomic mass is 9.94. The summed E-state index contributed by atoms with van der Waals surface area (Å²) in [6, 6.07) is 17.0. The number of para-hydroxylation sites is 1. The molecular formula is C26H26N4O3S. The fourth-order valence-corrected chi connectivity index (χ4v) is 4.09. The van der Waals surface area contributed by atoms with Crippen LogP contribution in [0.15, 0.2) is 84.7 Å². The lowest BCUT2D eigenvalue weighted by Gasteiger charge is -2.29. The molecule has 1 aliphatic rings. The van der Waals surface area contributed by atoms with Crippen LogP contribution in [0.2, 0.25) is 0 Å². The van der Waals surface area contributed by atoms with Crippen LogP contribution in [-0.2, 0) is 9.53 Å². The summed E-state index contributed by atoms with van der Waals surface area (Å²) in [5, 5.41) is 11.6. The van der Waals surface area contributed by atoms with Gasteiger partial charge in [-0.05, 0) is 62.5 Å². The van der Waals surface area contributed by atoms with Gasteiger partial charge in [0.2, 0.25) is 0 Å². The Bertz CT molecular complexity index is 1230. The average Bonchev–Trinajstić information content (AvgIpc) is 3.29. The minimum absolute atomic E-state index is 0.113. The number of carbonyl (C=O) groups is 1. The second-order valence-electron chi connectivity index (χ2n) is 7.63. The van der Waals surface area contributed by atoms with E-state index >= 15 is 0 Å². The molecule has 0 saturated heterocycles. The highest BCUT2D eigenvalue weighted by atomic mass is 32.1. The number of benzene rings is 2. The zero-order valence-corrected chi connectivity index (χ0v) is 19.9. The van der Waals surface area contributed by atoms with Crippen LogP contribution < -0.4 is 15.4 Å². The Morgan fingerprint density at radius 2 is 1.94 bits per heavy atom. The first-order valence-electron chi connectivity index (χ1n) is 11.0. The van der Waals surface area contributed by atoms with Gasteiger partial charge in [0, 0.05) is 23.0 Å². The molecule has 0 bridgehead atoms. The number of hydrogen-bond acceptors (Lipinski definition) is 5. The van der Waals surface area contributed by atoms with Gasteiger partial charge in [-0.2, -0.15) is 5.10 Å². The van der Waals surface area contributed by atoms with Gasteiger partial charge in [-0.1, -0.05) is 30.9 Å². The van der Waals surface area contributed by atoms with Crippen LogP contribution in [0.25, 0.3) is 16.9 Å². The van der Waals surface area contributed by atoms with Gasteiger partial charge in [0.25, 0.3) is 0 Å². The van der Waals surface area contributed by atoms with E-state index < -0.39 is 12.0 Å². The molecule has 0 fully saturated rings. The fourth-order valence-electron chi connectivity index (χ4n) is 3.82. The molecule has 2 N–H and O–H groups in total. The molecule has 1 atom stereocenters. The number of allylic oxidation sites excluding steroid dienone is 1. The van der Waals surface area contributed by atoms with Crippen molar-refractivity contribution in [3.05, 3.63) is 90.3 Å². The van der Waals surface area contributed by atoms with Crippen molar-refractivity contribution in [1.82, 2.24) is 20.4 Å². The standard InChI is InChI=1S/C26H26N4O3S/c1-4-15-33-25(31)22-17(3)27-26(34)28-24(22)21-16-30(19-9-7-6-8-10-19)29-23(21)18-11-13-20(14-12-18)32-5-2/h4,6-14,16,24H,1,5,15H2,2-3H3,(H2,27,28,34)/t24-/m1/s1. The van der Waals surface area contributed by atoms with E-state index in [-0.39, 0.29) is 6.61 Å². The van der Waals surface area contributed by atoms with Crippen LogP contribution in [0.4, 0.5) is 0 Å². The Balaban J connectivity index is 1.85. The maximum atomic E-state index is 13.0. The summed E-state index contributed by atoms with van der Waals surface area (Å²) in [6.45, 7) is 8.08. The third-order valence-electron chi connectivity index (χ3n) is 5.33. The molecule has 0 aliphatic carbocycles. The topological polar surface area (TPSA) is 77.4 Å². The van der Waals surface area contributed by atoms with Crippen molar-refractivity contribution in [2.24, 2.45) is 0 Å². The normalized spacial score (nSPS) is 15.4. The third kappa shape index (κ3) is 4.87. The van der Waals surface area contributed by atoms with E-state index in [2.05, 4.69) is 17.2 Å². The second-order valence-corrected chi connectivity index (χ2v) is 8.04. The molecule has 0 saturated carbocycles. The van der Waals surface area contributed by atoms with Crippen LogP contribution in [-0.4, -0.2) is 34.1 Å². The third-order valence-corrected chi connectivity index (χ3v) is 5.55. The number of thiocarbonyl (C=S) groups is 1. The molecule has 8 heteroatoms. The molecule has 0 unspecified atom stereocenters.